The van der Waals surface area contributed by atoms with E-state index in [0.717, 1.165) is 18.7 Å². The standard InChI is InChI=1S/C19H25FN4O2/c1-24(2)17(14-9-6-10-15(20)11-14)19(25)21-12-16-22-18(23-26-16)13-7-4-3-5-8-13/h6,9-11,13,17H,3-5,7-8,12H2,1-2H3,(H,21,25)/t17-/m0/s1. The average molecular weight is 360 g/mol. The highest BCUT2D eigenvalue weighted by atomic mass is 19.1. The number of likely N-dealkylation sites (N-methyl/N-ethyl adjacent to an activating group) is 1. The SMILES string of the molecule is CN(C)[C@H](C(=O)NCc1nc(C2CCCCC2)no1)c1cccc(F)c1. The number of halogens is 1. The van der Waals surface area contributed by atoms with E-state index in [2.05, 4.69) is 15.5 Å². The molecule has 0 unspecified atom stereocenters. The molecule has 1 heterocycles. The van der Waals surface area contributed by atoms with Crippen molar-refractivity contribution in [3.63, 3.8) is 0 Å². The minimum absolute atomic E-state index is 0.165. The Morgan fingerprint density at radius 3 is 2.81 bits per heavy atom. The second-order valence-electron chi connectivity index (χ2n) is 7.02. The molecule has 2 aromatic rings. The van der Waals surface area contributed by atoms with Gasteiger partial charge in [0.1, 0.15) is 11.9 Å². The lowest BCUT2D eigenvalue weighted by Crippen LogP contribution is -2.36. The van der Waals surface area contributed by atoms with Crippen molar-refractivity contribution in [2.75, 3.05) is 14.1 Å². The molecular formula is C19H25FN4O2. The van der Waals surface area contributed by atoms with E-state index < -0.39 is 6.04 Å². The summed E-state index contributed by atoms with van der Waals surface area (Å²) in [5.41, 5.74) is 0.598. The second-order valence-corrected chi connectivity index (χ2v) is 7.02. The quantitative estimate of drug-likeness (QED) is 0.857. The molecule has 1 N–H and O–H groups in total. The van der Waals surface area contributed by atoms with Crippen LogP contribution in [-0.2, 0) is 11.3 Å². The smallest absolute Gasteiger partial charge is 0.246 e. The van der Waals surface area contributed by atoms with E-state index in [1.165, 1.54) is 31.4 Å². The Bertz CT molecular complexity index is 741. The molecule has 1 aliphatic rings. The fraction of sp³-hybridized carbons (Fsp3) is 0.526. The van der Waals surface area contributed by atoms with Gasteiger partial charge in [-0.05, 0) is 44.6 Å². The molecule has 26 heavy (non-hydrogen) atoms. The second kappa shape index (κ2) is 8.40. The largest absolute Gasteiger partial charge is 0.345 e. The summed E-state index contributed by atoms with van der Waals surface area (Å²) in [6, 6.07) is 5.48. The van der Waals surface area contributed by atoms with Crippen LogP contribution in [0.3, 0.4) is 0 Å². The van der Waals surface area contributed by atoms with E-state index in [0.29, 0.717) is 17.4 Å². The fourth-order valence-electron chi connectivity index (χ4n) is 3.49. The third-order valence-corrected chi connectivity index (χ3v) is 4.80. The van der Waals surface area contributed by atoms with E-state index >= 15 is 0 Å². The average Bonchev–Trinajstić information content (AvgIpc) is 3.10. The van der Waals surface area contributed by atoms with Gasteiger partial charge in [-0.15, -0.1) is 0 Å². The molecule has 1 amide bonds. The molecule has 0 aliphatic heterocycles. The normalized spacial score (nSPS) is 16.6. The summed E-state index contributed by atoms with van der Waals surface area (Å²) >= 11 is 0. The molecule has 1 saturated carbocycles. The van der Waals surface area contributed by atoms with Crippen LogP contribution in [0.4, 0.5) is 4.39 Å². The first-order chi connectivity index (χ1) is 12.5. The summed E-state index contributed by atoms with van der Waals surface area (Å²) in [6.07, 6.45) is 5.84. The third-order valence-electron chi connectivity index (χ3n) is 4.80. The predicted molar refractivity (Wildman–Crippen MR) is 94.8 cm³/mol. The maximum atomic E-state index is 13.5. The molecule has 6 nitrogen and oxygen atoms in total. The van der Waals surface area contributed by atoms with Crippen LogP contribution in [0.2, 0.25) is 0 Å². The van der Waals surface area contributed by atoms with Crippen LogP contribution < -0.4 is 5.32 Å². The van der Waals surface area contributed by atoms with Crippen molar-refractivity contribution in [3.8, 4) is 0 Å². The molecule has 1 atom stereocenters. The number of rotatable bonds is 6. The first-order valence-electron chi connectivity index (χ1n) is 9.06. The van der Waals surface area contributed by atoms with E-state index in [4.69, 9.17) is 4.52 Å². The van der Waals surface area contributed by atoms with Crippen LogP contribution in [-0.4, -0.2) is 35.0 Å². The van der Waals surface area contributed by atoms with Gasteiger partial charge in [-0.25, -0.2) is 4.39 Å². The minimum Gasteiger partial charge on any atom is -0.345 e. The molecule has 1 aromatic heterocycles. The number of nitrogens with one attached hydrogen (secondary N) is 1. The molecule has 0 radical (unpaired) electrons. The van der Waals surface area contributed by atoms with Crippen molar-refractivity contribution in [2.45, 2.75) is 50.6 Å². The van der Waals surface area contributed by atoms with Crippen molar-refractivity contribution in [3.05, 3.63) is 47.4 Å². The van der Waals surface area contributed by atoms with Crippen molar-refractivity contribution in [1.82, 2.24) is 20.4 Å². The lowest BCUT2D eigenvalue weighted by molar-refractivity contribution is -0.126. The number of benzene rings is 1. The number of aromatic nitrogens is 2. The Labute approximate surface area is 152 Å². The van der Waals surface area contributed by atoms with Crippen molar-refractivity contribution in [1.29, 1.82) is 0 Å². The van der Waals surface area contributed by atoms with Crippen LogP contribution in [0, 0.1) is 5.82 Å². The predicted octanol–water partition coefficient (Wildman–Crippen LogP) is 3.18. The van der Waals surface area contributed by atoms with Crippen LogP contribution in [0.15, 0.2) is 28.8 Å². The van der Waals surface area contributed by atoms with Crippen molar-refractivity contribution >= 4 is 5.91 Å². The highest BCUT2D eigenvalue weighted by molar-refractivity contribution is 5.83. The van der Waals surface area contributed by atoms with E-state index in [1.807, 2.05) is 0 Å². The third kappa shape index (κ3) is 4.46. The van der Waals surface area contributed by atoms with E-state index in [9.17, 15) is 9.18 Å². The zero-order valence-electron chi connectivity index (χ0n) is 15.2. The Balaban J connectivity index is 1.62. The molecule has 7 heteroatoms. The van der Waals surface area contributed by atoms with Gasteiger partial charge in [0.2, 0.25) is 11.8 Å². The minimum atomic E-state index is -0.591. The molecule has 0 spiro atoms. The van der Waals surface area contributed by atoms with Crippen LogP contribution in [0.1, 0.15) is 61.3 Å². The molecule has 0 saturated heterocycles. The van der Waals surface area contributed by atoms with Crippen LogP contribution in [0.5, 0.6) is 0 Å². The van der Waals surface area contributed by atoms with Gasteiger partial charge in [-0.3, -0.25) is 9.69 Å². The molecule has 1 aromatic carbocycles. The van der Waals surface area contributed by atoms with Gasteiger partial charge in [0.25, 0.3) is 0 Å². The van der Waals surface area contributed by atoms with Gasteiger partial charge in [-0.2, -0.15) is 4.98 Å². The fourth-order valence-corrected chi connectivity index (χ4v) is 3.49. The maximum absolute atomic E-state index is 13.5. The Kier molecular flexibility index (Phi) is 5.98. The number of nitrogens with zero attached hydrogens (tertiary/aromatic N) is 3. The number of carbonyl (C=O) groups is 1. The van der Waals surface area contributed by atoms with Gasteiger partial charge in [0.15, 0.2) is 5.82 Å². The van der Waals surface area contributed by atoms with Gasteiger partial charge < -0.3 is 9.84 Å². The Morgan fingerprint density at radius 1 is 1.35 bits per heavy atom. The number of carbonyl (C=O) groups excluding carboxylic acids is 1. The lowest BCUT2D eigenvalue weighted by atomic mass is 9.89. The zero-order chi connectivity index (χ0) is 18.5. The summed E-state index contributed by atoms with van der Waals surface area (Å²) in [6.45, 7) is 0.165. The highest BCUT2D eigenvalue weighted by Gasteiger charge is 2.25. The molecule has 140 valence electrons. The molecule has 3 rings (SSSR count). The molecule has 1 fully saturated rings. The van der Waals surface area contributed by atoms with E-state index in [-0.39, 0.29) is 18.3 Å². The van der Waals surface area contributed by atoms with Gasteiger partial charge in [-0.1, -0.05) is 36.6 Å². The summed E-state index contributed by atoms with van der Waals surface area (Å²) in [7, 11) is 3.56. The van der Waals surface area contributed by atoms with E-state index in [1.54, 1.807) is 31.1 Å². The monoisotopic (exact) mass is 360 g/mol. The highest BCUT2D eigenvalue weighted by Crippen LogP contribution is 2.30. The molecule has 0 bridgehead atoms. The summed E-state index contributed by atoms with van der Waals surface area (Å²) in [5, 5.41) is 6.89. The van der Waals surface area contributed by atoms with Gasteiger partial charge in [0.05, 0.1) is 6.54 Å². The van der Waals surface area contributed by atoms with Crippen molar-refractivity contribution < 1.29 is 13.7 Å². The molecular weight excluding hydrogens is 335 g/mol. The topological polar surface area (TPSA) is 71.3 Å². The zero-order valence-corrected chi connectivity index (χ0v) is 15.2. The summed E-state index contributed by atoms with van der Waals surface area (Å²) < 4.78 is 18.8. The summed E-state index contributed by atoms with van der Waals surface area (Å²) in [4.78, 5) is 18.8. The molecule has 1 aliphatic carbocycles. The van der Waals surface area contributed by atoms with Gasteiger partial charge >= 0.3 is 0 Å². The summed E-state index contributed by atoms with van der Waals surface area (Å²) in [5.74, 6) is 0.895. The van der Waals surface area contributed by atoms with Crippen LogP contribution >= 0.6 is 0 Å². The maximum Gasteiger partial charge on any atom is 0.246 e. The lowest BCUT2D eigenvalue weighted by Gasteiger charge is -2.23. The Hall–Kier alpha value is -2.28. The number of amides is 1. The van der Waals surface area contributed by atoms with Crippen molar-refractivity contribution in [2.24, 2.45) is 0 Å². The first-order valence-corrected chi connectivity index (χ1v) is 9.06. The number of hydrogen-bond donors (Lipinski definition) is 1. The number of hydrogen-bond acceptors (Lipinski definition) is 5. The van der Waals surface area contributed by atoms with Gasteiger partial charge in [0, 0.05) is 5.92 Å². The Morgan fingerprint density at radius 2 is 2.12 bits per heavy atom. The van der Waals surface area contributed by atoms with Crippen LogP contribution in [0.25, 0.3) is 0 Å². The first kappa shape index (κ1) is 18.5.